The minimum Gasteiger partial charge on any atom is -0.467 e. The summed E-state index contributed by atoms with van der Waals surface area (Å²) in [5, 5.41) is 3.74. The molecule has 0 aliphatic carbocycles. The van der Waals surface area contributed by atoms with Crippen LogP contribution in [0.3, 0.4) is 0 Å². The van der Waals surface area contributed by atoms with Crippen molar-refractivity contribution in [3.05, 3.63) is 81.5 Å². The predicted octanol–water partition coefficient (Wildman–Crippen LogP) is 4.22. The van der Waals surface area contributed by atoms with Gasteiger partial charge < -0.3 is 19.2 Å². The van der Waals surface area contributed by atoms with Gasteiger partial charge in [0.05, 0.1) is 29.0 Å². The average Bonchev–Trinajstić information content (AvgIpc) is 3.51. The Balaban J connectivity index is 1.37. The highest BCUT2D eigenvalue weighted by atomic mass is 35.5. The number of fused-ring (bicyclic) bond motifs is 2. The molecule has 3 heterocycles. The van der Waals surface area contributed by atoms with E-state index in [0.717, 1.165) is 5.56 Å². The second-order valence-corrected chi connectivity index (χ2v) is 9.44. The number of amides is 1. The number of hydrogen-bond donors (Lipinski definition) is 1. The Hall–Kier alpha value is -3.43. The highest BCUT2D eigenvalue weighted by molar-refractivity contribution is 8.00. The molecule has 174 valence electrons. The van der Waals surface area contributed by atoms with Gasteiger partial charge in [-0.3, -0.25) is 14.2 Å². The van der Waals surface area contributed by atoms with E-state index in [4.69, 9.17) is 25.5 Å². The van der Waals surface area contributed by atoms with Gasteiger partial charge in [0.2, 0.25) is 12.7 Å². The third kappa shape index (κ3) is 4.62. The highest BCUT2D eigenvalue weighted by Crippen LogP contribution is 2.32. The van der Waals surface area contributed by atoms with E-state index in [1.807, 2.05) is 18.2 Å². The average molecular weight is 498 g/mol. The molecule has 1 aliphatic heterocycles. The number of benzene rings is 2. The number of rotatable bonds is 7. The number of ether oxygens (including phenoxy) is 2. The van der Waals surface area contributed by atoms with Crippen molar-refractivity contribution in [1.82, 2.24) is 14.9 Å². The van der Waals surface area contributed by atoms with Crippen LogP contribution in [-0.4, -0.2) is 27.5 Å². The molecule has 34 heavy (non-hydrogen) atoms. The number of thioether (sulfide) groups is 1. The molecule has 1 amide bonds. The quantitative estimate of drug-likeness (QED) is 0.302. The number of nitrogens with zero attached hydrogens (tertiary/aromatic N) is 2. The van der Waals surface area contributed by atoms with Crippen molar-refractivity contribution in [2.24, 2.45) is 0 Å². The van der Waals surface area contributed by atoms with Crippen molar-refractivity contribution in [3.8, 4) is 11.5 Å². The number of furan rings is 1. The number of aromatic nitrogens is 2. The van der Waals surface area contributed by atoms with Gasteiger partial charge in [-0.05, 0) is 55.0 Å². The Morgan fingerprint density at radius 1 is 1.21 bits per heavy atom. The van der Waals surface area contributed by atoms with Crippen LogP contribution < -0.4 is 20.3 Å². The van der Waals surface area contributed by atoms with Crippen LogP contribution in [0, 0.1) is 0 Å². The zero-order valence-electron chi connectivity index (χ0n) is 18.1. The van der Waals surface area contributed by atoms with Gasteiger partial charge in [0.1, 0.15) is 5.76 Å². The van der Waals surface area contributed by atoms with Gasteiger partial charge in [-0.2, -0.15) is 0 Å². The van der Waals surface area contributed by atoms with Gasteiger partial charge in [-0.15, -0.1) is 0 Å². The van der Waals surface area contributed by atoms with E-state index in [0.29, 0.717) is 44.9 Å². The molecule has 10 heteroatoms. The van der Waals surface area contributed by atoms with Gasteiger partial charge in [0, 0.05) is 11.6 Å². The minimum absolute atomic E-state index is 0.187. The Kier molecular flexibility index (Phi) is 6.21. The summed E-state index contributed by atoms with van der Waals surface area (Å²) in [6, 6.07) is 14.0. The number of nitrogens with one attached hydrogen (secondary N) is 1. The number of carbonyl (C=O) groups is 1. The largest absolute Gasteiger partial charge is 0.467 e. The first kappa shape index (κ1) is 22.4. The van der Waals surface area contributed by atoms with Crippen molar-refractivity contribution in [2.45, 2.75) is 30.4 Å². The number of hydrogen-bond acceptors (Lipinski definition) is 7. The highest BCUT2D eigenvalue weighted by Gasteiger charge is 2.21. The van der Waals surface area contributed by atoms with Gasteiger partial charge in [-0.1, -0.05) is 29.4 Å². The lowest BCUT2D eigenvalue weighted by Crippen LogP contribution is -2.31. The van der Waals surface area contributed by atoms with Crippen LogP contribution in [0.4, 0.5) is 0 Å². The van der Waals surface area contributed by atoms with Gasteiger partial charge in [0.15, 0.2) is 16.7 Å². The van der Waals surface area contributed by atoms with E-state index < -0.39 is 5.25 Å². The zero-order chi connectivity index (χ0) is 23.7. The van der Waals surface area contributed by atoms with Crippen LogP contribution in [-0.2, 0) is 17.9 Å². The molecule has 1 atom stereocenters. The summed E-state index contributed by atoms with van der Waals surface area (Å²) in [6.07, 6.45) is 1.55. The topological polar surface area (TPSA) is 95.6 Å². The molecule has 2 aromatic heterocycles. The molecule has 0 saturated heterocycles. The van der Waals surface area contributed by atoms with Crippen molar-refractivity contribution in [2.75, 3.05) is 6.79 Å². The van der Waals surface area contributed by atoms with Crippen LogP contribution >= 0.6 is 23.4 Å². The normalized spacial score (nSPS) is 13.2. The molecule has 8 nitrogen and oxygen atoms in total. The second kappa shape index (κ2) is 9.44. The monoisotopic (exact) mass is 497 g/mol. The first-order valence-corrected chi connectivity index (χ1v) is 11.8. The molecule has 1 N–H and O–H groups in total. The maximum atomic E-state index is 13.2. The molecule has 0 saturated carbocycles. The van der Waals surface area contributed by atoms with E-state index in [1.165, 1.54) is 16.3 Å². The summed E-state index contributed by atoms with van der Waals surface area (Å²) in [5.41, 5.74) is 1.14. The van der Waals surface area contributed by atoms with Crippen LogP contribution in [0.15, 0.2) is 69.2 Å². The molecule has 0 bridgehead atoms. The molecule has 0 spiro atoms. The maximum Gasteiger partial charge on any atom is 0.262 e. The first-order chi connectivity index (χ1) is 16.5. The molecule has 2 aromatic carbocycles. The SMILES string of the molecule is CC(Sc1nc2cc(Cl)ccc2c(=O)n1Cc1ccco1)C(=O)NCc1ccc2c(c1)OCO2. The third-order valence-electron chi connectivity index (χ3n) is 5.33. The third-order valence-corrected chi connectivity index (χ3v) is 6.66. The minimum atomic E-state index is -0.514. The summed E-state index contributed by atoms with van der Waals surface area (Å²) < 4.78 is 17.7. The summed E-state index contributed by atoms with van der Waals surface area (Å²) in [5.74, 6) is 1.78. The molecular weight excluding hydrogens is 478 g/mol. The van der Waals surface area contributed by atoms with Gasteiger partial charge in [0.25, 0.3) is 5.56 Å². The molecular formula is C24H20ClN3O5S. The smallest absolute Gasteiger partial charge is 0.262 e. The molecule has 0 radical (unpaired) electrons. The number of halogens is 1. The molecule has 1 aliphatic rings. The van der Waals surface area contributed by atoms with E-state index >= 15 is 0 Å². The first-order valence-electron chi connectivity index (χ1n) is 10.5. The van der Waals surface area contributed by atoms with E-state index in [9.17, 15) is 9.59 Å². The second-order valence-electron chi connectivity index (χ2n) is 7.69. The van der Waals surface area contributed by atoms with Crippen molar-refractivity contribution >= 4 is 40.2 Å². The molecule has 1 unspecified atom stereocenters. The Morgan fingerprint density at radius 2 is 2.06 bits per heavy atom. The summed E-state index contributed by atoms with van der Waals surface area (Å²) in [6.45, 7) is 2.50. The lowest BCUT2D eigenvalue weighted by atomic mass is 10.2. The van der Waals surface area contributed by atoms with Crippen LogP contribution in [0.5, 0.6) is 11.5 Å². The Labute approximate surface area is 203 Å². The van der Waals surface area contributed by atoms with Crippen molar-refractivity contribution in [1.29, 1.82) is 0 Å². The van der Waals surface area contributed by atoms with E-state index in [-0.39, 0.29) is 24.8 Å². The van der Waals surface area contributed by atoms with Crippen LogP contribution in [0.25, 0.3) is 10.9 Å². The van der Waals surface area contributed by atoms with E-state index in [2.05, 4.69) is 10.3 Å². The lowest BCUT2D eigenvalue weighted by Gasteiger charge is -2.16. The van der Waals surface area contributed by atoms with Crippen LogP contribution in [0.1, 0.15) is 18.2 Å². The van der Waals surface area contributed by atoms with Gasteiger partial charge in [-0.25, -0.2) is 4.98 Å². The molecule has 4 aromatic rings. The predicted molar refractivity (Wildman–Crippen MR) is 129 cm³/mol. The summed E-state index contributed by atoms with van der Waals surface area (Å²) in [7, 11) is 0. The fourth-order valence-corrected chi connectivity index (χ4v) is 4.66. The van der Waals surface area contributed by atoms with Gasteiger partial charge >= 0.3 is 0 Å². The van der Waals surface area contributed by atoms with Crippen molar-refractivity contribution < 1.29 is 18.7 Å². The standard InChI is InChI=1S/C24H20ClN3O5S/c1-14(22(29)26-11-15-4-7-20-21(9-15)33-13-32-20)34-24-27-19-10-16(25)5-6-18(19)23(30)28(24)12-17-3-2-8-31-17/h2-10,14H,11-13H2,1H3,(H,26,29). The fraction of sp³-hybridized carbons (Fsp3) is 0.208. The molecule has 0 fully saturated rings. The summed E-state index contributed by atoms with van der Waals surface area (Å²) in [4.78, 5) is 30.7. The lowest BCUT2D eigenvalue weighted by molar-refractivity contribution is -0.120. The van der Waals surface area contributed by atoms with E-state index in [1.54, 1.807) is 43.5 Å². The number of carbonyl (C=O) groups excluding carboxylic acids is 1. The van der Waals surface area contributed by atoms with Crippen molar-refractivity contribution in [3.63, 3.8) is 0 Å². The maximum absolute atomic E-state index is 13.2. The molecule has 5 rings (SSSR count). The Morgan fingerprint density at radius 3 is 2.88 bits per heavy atom. The Bertz CT molecular complexity index is 1420. The van der Waals surface area contributed by atoms with Crippen LogP contribution in [0.2, 0.25) is 5.02 Å². The zero-order valence-corrected chi connectivity index (χ0v) is 19.7. The summed E-state index contributed by atoms with van der Waals surface area (Å²) >= 11 is 7.32. The fourth-order valence-electron chi connectivity index (χ4n) is 3.56.